The largest absolute Gasteiger partial charge is 0.484 e. The number of carbonyl (C=O) groups excluding carboxylic acids is 2. The maximum Gasteiger partial charge on any atom is 0.303 e. The van der Waals surface area contributed by atoms with Crippen LogP contribution in [0.3, 0.4) is 0 Å². The summed E-state index contributed by atoms with van der Waals surface area (Å²) in [5, 5.41) is 9.32. The van der Waals surface area contributed by atoms with Crippen LogP contribution in [0.1, 0.15) is 26.2 Å². The minimum Gasteiger partial charge on any atom is -0.484 e. The molecule has 2 atom stereocenters. The first-order valence-corrected chi connectivity index (χ1v) is 11.1. The monoisotopic (exact) mass is 431 g/mol. The number of piperazine rings is 1. The van der Waals surface area contributed by atoms with Crippen LogP contribution in [0.2, 0.25) is 0 Å². The first-order valence-electron chi connectivity index (χ1n) is 11.1. The van der Waals surface area contributed by atoms with Gasteiger partial charge in [0.25, 0.3) is 5.91 Å². The lowest BCUT2D eigenvalue weighted by molar-refractivity contribution is -0.140. The number of carboxylic acid groups (broad SMARTS) is 1. The van der Waals surface area contributed by atoms with Crippen LogP contribution in [0.5, 0.6) is 5.75 Å². The van der Waals surface area contributed by atoms with Crippen LogP contribution in [-0.2, 0) is 14.4 Å². The van der Waals surface area contributed by atoms with Crippen molar-refractivity contribution in [2.75, 3.05) is 52.4 Å². The van der Waals surface area contributed by atoms with E-state index in [1.165, 1.54) is 0 Å². The fraction of sp³-hybridized carbons (Fsp3) is 0.609. The zero-order chi connectivity index (χ0) is 22.2. The van der Waals surface area contributed by atoms with Crippen LogP contribution in [0, 0.1) is 11.8 Å². The van der Waals surface area contributed by atoms with Gasteiger partial charge in [-0.1, -0.05) is 18.2 Å². The summed E-state index contributed by atoms with van der Waals surface area (Å²) in [6.07, 6.45) is 1.69. The van der Waals surface area contributed by atoms with Crippen molar-refractivity contribution in [1.29, 1.82) is 0 Å². The Morgan fingerprint density at radius 1 is 1.00 bits per heavy atom. The van der Waals surface area contributed by atoms with Crippen molar-refractivity contribution in [3.05, 3.63) is 30.3 Å². The van der Waals surface area contributed by atoms with Crippen molar-refractivity contribution < 1.29 is 24.2 Å². The molecule has 2 aliphatic heterocycles. The number of likely N-dealkylation sites (tertiary alicyclic amines) is 1. The van der Waals surface area contributed by atoms with Gasteiger partial charge in [-0.2, -0.15) is 0 Å². The molecule has 31 heavy (non-hydrogen) atoms. The van der Waals surface area contributed by atoms with Crippen LogP contribution in [0.15, 0.2) is 30.3 Å². The number of ether oxygens (including phenoxy) is 1. The van der Waals surface area contributed by atoms with Gasteiger partial charge in [-0.15, -0.1) is 0 Å². The Labute approximate surface area is 183 Å². The summed E-state index contributed by atoms with van der Waals surface area (Å²) in [4.78, 5) is 41.5. The number of aliphatic carboxylic acids is 1. The Morgan fingerprint density at radius 2 is 1.71 bits per heavy atom. The quantitative estimate of drug-likeness (QED) is 0.672. The van der Waals surface area contributed by atoms with Crippen LogP contribution >= 0.6 is 0 Å². The lowest BCUT2D eigenvalue weighted by Gasteiger charge is -2.40. The van der Waals surface area contributed by atoms with Crippen molar-refractivity contribution in [2.24, 2.45) is 11.8 Å². The van der Waals surface area contributed by atoms with E-state index in [-0.39, 0.29) is 36.7 Å². The number of piperidine rings is 1. The predicted octanol–water partition coefficient (Wildman–Crippen LogP) is 1.56. The maximum absolute atomic E-state index is 12.7. The molecule has 8 nitrogen and oxygen atoms in total. The summed E-state index contributed by atoms with van der Waals surface area (Å²) in [7, 11) is 0. The average molecular weight is 432 g/mol. The van der Waals surface area contributed by atoms with E-state index in [4.69, 9.17) is 4.74 Å². The third kappa shape index (κ3) is 6.95. The molecule has 0 bridgehead atoms. The van der Waals surface area contributed by atoms with Crippen LogP contribution in [-0.4, -0.2) is 90.0 Å². The average Bonchev–Trinajstić information content (AvgIpc) is 2.77. The second-order valence-electron chi connectivity index (χ2n) is 8.48. The molecule has 2 amide bonds. The van der Waals surface area contributed by atoms with Gasteiger partial charge in [-0.25, -0.2) is 0 Å². The van der Waals surface area contributed by atoms with Crippen LogP contribution in [0.25, 0.3) is 0 Å². The van der Waals surface area contributed by atoms with E-state index >= 15 is 0 Å². The maximum atomic E-state index is 12.7. The Kier molecular flexibility index (Phi) is 8.28. The molecule has 1 aromatic rings. The third-order valence-electron chi connectivity index (χ3n) is 6.42. The Morgan fingerprint density at radius 3 is 2.35 bits per heavy atom. The van der Waals surface area contributed by atoms with Gasteiger partial charge in [0.15, 0.2) is 6.61 Å². The molecule has 3 rings (SSSR count). The Hall–Kier alpha value is -2.61. The zero-order valence-corrected chi connectivity index (χ0v) is 18.2. The normalized spacial score (nSPS) is 22.2. The SMILES string of the molecule is CC(=O)N1CCN(CCC2CN(C(=O)COc3ccccc3)CCC2CC(=O)O)CC1. The second-order valence-corrected chi connectivity index (χ2v) is 8.48. The minimum atomic E-state index is -0.780. The minimum absolute atomic E-state index is 0.00661. The number of nitrogens with zero attached hydrogens (tertiary/aromatic N) is 3. The molecule has 0 saturated carbocycles. The molecule has 0 spiro atoms. The highest BCUT2D eigenvalue weighted by molar-refractivity contribution is 5.78. The summed E-state index contributed by atoms with van der Waals surface area (Å²) in [6, 6.07) is 9.27. The van der Waals surface area contributed by atoms with Crippen molar-refractivity contribution in [3.8, 4) is 5.75 Å². The predicted molar refractivity (Wildman–Crippen MR) is 116 cm³/mol. The molecular formula is C23H33N3O5. The molecule has 2 saturated heterocycles. The molecule has 8 heteroatoms. The van der Waals surface area contributed by atoms with E-state index in [1.807, 2.05) is 40.1 Å². The molecule has 0 aliphatic carbocycles. The lowest BCUT2D eigenvalue weighted by Crippen LogP contribution is -2.50. The molecule has 2 unspecified atom stereocenters. The van der Waals surface area contributed by atoms with E-state index in [0.29, 0.717) is 25.3 Å². The lowest BCUT2D eigenvalue weighted by atomic mass is 9.81. The van der Waals surface area contributed by atoms with Gasteiger partial charge >= 0.3 is 5.97 Å². The zero-order valence-electron chi connectivity index (χ0n) is 18.2. The second kappa shape index (κ2) is 11.1. The van der Waals surface area contributed by atoms with Crippen LogP contribution in [0.4, 0.5) is 0 Å². The van der Waals surface area contributed by atoms with Gasteiger partial charge in [0.2, 0.25) is 5.91 Å². The summed E-state index contributed by atoms with van der Waals surface area (Å²) >= 11 is 0. The molecule has 0 aromatic heterocycles. The first-order chi connectivity index (χ1) is 14.9. The van der Waals surface area contributed by atoms with Gasteiger partial charge in [0.1, 0.15) is 5.75 Å². The fourth-order valence-corrected chi connectivity index (χ4v) is 4.52. The van der Waals surface area contributed by atoms with Gasteiger partial charge in [-0.05, 0) is 43.4 Å². The highest BCUT2D eigenvalue weighted by atomic mass is 16.5. The van der Waals surface area contributed by atoms with Gasteiger partial charge < -0.3 is 19.6 Å². The fourth-order valence-electron chi connectivity index (χ4n) is 4.52. The van der Waals surface area contributed by atoms with Gasteiger partial charge in [-0.3, -0.25) is 19.3 Å². The first kappa shape index (κ1) is 23.1. The smallest absolute Gasteiger partial charge is 0.303 e. The van der Waals surface area contributed by atoms with E-state index in [1.54, 1.807) is 6.92 Å². The molecule has 0 radical (unpaired) electrons. The topological polar surface area (TPSA) is 90.4 Å². The molecule has 1 aromatic carbocycles. The van der Waals surface area contributed by atoms with E-state index in [9.17, 15) is 19.5 Å². The Bertz CT molecular complexity index is 749. The summed E-state index contributed by atoms with van der Waals surface area (Å²) in [5.74, 6) is 0.166. The number of carbonyl (C=O) groups is 3. The number of hydrogen-bond acceptors (Lipinski definition) is 5. The van der Waals surface area contributed by atoms with E-state index in [0.717, 1.165) is 39.1 Å². The number of amides is 2. The highest BCUT2D eigenvalue weighted by Crippen LogP contribution is 2.30. The summed E-state index contributed by atoms with van der Waals surface area (Å²) in [6.45, 7) is 6.74. The number of para-hydroxylation sites is 1. The number of hydrogen-bond donors (Lipinski definition) is 1. The highest BCUT2D eigenvalue weighted by Gasteiger charge is 2.33. The van der Waals surface area contributed by atoms with E-state index < -0.39 is 5.97 Å². The van der Waals surface area contributed by atoms with Crippen molar-refractivity contribution >= 4 is 17.8 Å². The van der Waals surface area contributed by atoms with E-state index in [2.05, 4.69) is 4.90 Å². The Balaban J connectivity index is 1.51. The number of rotatable bonds is 8. The van der Waals surface area contributed by atoms with Gasteiger partial charge in [0.05, 0.1) is 0 Å². The number of benzene rings is 1. The summed E-state index contributed by atoms with van der Waals surface area (Å²) < 4.78 is 5.61. The van der Waals surface area contributed by atoms with Crippen molar-refractivity contribution in [2.45, 2.75) is 26.2 Å². The molecule has 170 valence electrons. The summed E-state index contributed by atoms with van der Waals surface area (Å²) in [5.41, 5.74) is 0. The molecular weight excluding hydrogens is 398 g/mol. The molecule has 1 N–H and O–H groups in total. The molecule has 2 heterocycles. The standard InChI is InChI=1S/C23H33N3O5/c1-18(27)25-13-11-24(12-14-25)9-7-20-16-26(10-8-19(20)15-23(29)30)22(28)17-31-21-5-3-2-4-6-21/h2-6,19-20H,7-17H2,1H3,(H,29,30). The molecule has 2 fully saturated rings. The number of carboxylic acids is 1. The van der Waals surface area contributed by atoms with Crippen molar-refractivity contribution in [1.82, 2.24) is 14.7 Å². The third-order valence-corrected chi connectivity index (χ3v) is 6.42. The molecule has 2 aliphatic rings. The van der Waals surface area contributed by atoms with Crippen molar-refractivity contribution in [3.63, 3.8) is 0 Å². The van der Waals surface area contributed by atoms with Crippen LogP contribution < -0.4 is 4.74 Å². The van der Waals surface area contributed by atoms with Gasteiger partial charge in [0, 0.05) is 52.6 Å².